The van der Waals surface area contributed by atoms with Crippen LogP contribution in [0.4, 0.5) is 0 Å². The van der Waals surface area contributed by atoms with Crippen LogP contribution in [0, 0.1) is 5.92 Å². The molecule has 1 amide bonds. The number of hydrogen-bond acceptors (Lipinski definition) is 4. The molecule has 2 aliphatic rings. The topological polar surface area (TPSA) is 101 Å². The Morgan fingerprint density at radius 2 is 1.91 bits per heavy atom. The van der Waals surface area contributed by atoms with E-state index in [2.05, 4.69) is 10.6 Å². The second kappa shape index (κ2) is 6.59. The standard InChI is InChI=1S/C16H23N3O3S/c17-23(21,22)13-7-5-11(6-8-13)10-18-16(20)15-9-12-3-1-2-4-14(12)19-15/h5-8,12,14-15,19H,1-4,9-10H2,(H,18,20)(H2,17,21,22). The molecular formula is C16H23N3O3S. The van der Waals surface area contributed by atoms with Gasteiger partial charge in [0.2, 0.25) is 15.9 Å². The number of fused-ring (bicyclic) bond motifs is 1. The second-order valence-electron chi connectivity index (χ2n) is 6.51. The van der Waals surface area contributed by atoms with Crippen molar-refractivity contribution in [3.63, 3.8) is 0 Å². The molecule has 0 bridgehead atoms. The number of hydrogen-bond donors (Lipinski definition) is 3. The summed E-state index contributed by atoms with van der Waals surface area (Å²) in [4.78, 5) is 12.4. The van der Waals surface area contributed by atoms with Gasteiger partial charge in [-0.3, -0.25) is 4.79 Å². The lowest BCUT2D eigenvalue weighted by Crippen LogP contribution is -2.42. The molecule has 2 fully saturated rings. The van der Waals surface area contributed by atoms with Crippen molar-refractivity contribution in [2.24, 2.45) is 11.1 Å². The monoisotopic (exact) mass is 337 g/mol. The Morgan fingerprint density at radius 1 is 1.22 bits per heavy atom. The van der Waals surface area contributed by atoms with Gasteiger partial charge in [0, 0.05) is 12.6 Å². The minimum absolute atomic E-state index is 0.0231. The van der Waals surface area contributed by atoms with E-state index in [-0.39, 0.29) is 16.8 Å². The van der Waals surface area contributed by atoms with E-state index in [1.54, 1.807) is 12.1 Å². The highest BCUT2D eigenvalue weighted by Gasteiger charge is 2.37. The van der Waals surface area contributed by atoms with Crippen LogP contribution in [0.5, 0.6) is 0 Å². The molecule has 0 radical (unpaired) electrons. The number of amides is 1. The Hall–Kier alpha value is -1.44. The third-order valence-electron chi connectivity index (χ3n) is 4.90. The summed E-state index contributed by atoms with van der Waals surface area (Å²) in [5.41, 5.74) is 0.848. The van der Waals surface area contributed by atoms with Crippen molar-refractivity contribution in [3.05, 3.63) is 29.8 Å². The van der Waals surface area contributed by atoms with Crippen molar-refractivity contribution < 1.29 is 13.2 Å². The zero-order chi connectivity index (χ0) is 16.4. The molecule has 4 N–H and O–H groups in total. The Bertz CT molecular complexity index is 658. The molecule has 1 aliphatic heterocycles. The van der Waals surface area contributed by atoms with E-state index in [0.717, 1.165) is 12.0 Å². The third-order valence-corrected chi connectivity index (χ3v) is 5.83. The maximum atomic E-state index is 12.3. The first kappa shape index (κ1) is 16.4. The minimum Gasteiger partial charge on any atom is -0.351 e. The fourth-order valence-corrected chi connectivity index (χ4v) is 4.15. The predicted octanol–water partition coefficient (Wildman–Crippen LogP) is 0.871. The van der Waals surface area contributed by atoms with Crippen LogP contribution in [0.3, 0.4) is 0 Å². The lowest BCUT2D eigenvalue weighted by Gasteiger charge is -2.24. The van der Waals surface area contributed by atoms with E-state index in [1.165, 1.54) is 37.8 Å². The molecule has 3 unspecified atom stereocenters. The minimum atomic E-state index is -3.67. The second-order valence-corrected chi connectivity index (χ2v) is 8.07. The van der Waals surface area contributed by atoms with E-state index in [9.17, 15) is 13.2 Å². The van der Waals surface area contributed by atoms with Crippen molar-refractivity contribution in [3.8, 4) is 0 Å². The molecule has 7 heteroatoms. The molecule has 1 aromatic rings. The molecule has 0 spiro atoms. The Kier molecular flexibility index (Phi) is 4.70. The summed E-state index contributed by atoms with van der Waals surface area (Å²) in [5, 5.41) is 11.4. The SMILES string of the molecule is NS(=O)(=O)c1ccc(CNC(=O)C2CC3CCCCC3N2)cc1. The summed E-state index contributed by atoms with van der Waals surface area (Å²) >= 11 is 0. The summed E-state index contributed by atoms with van der Waals surface area (Å²) in [5.74, 6) is 0.656. The van der Waals surface area contributed by atoms with Crippen molar-refractivity contribution >= 4 is 15.9 Å². The van der Waals surface area contributed by atoms with Crippen LogP contribution in [0.15, 0.2) is 29.2 Å². The van der Waals surface area contributed by atoms with E-state index >= 15 is 0 Å². The molecular weight excluding hydrogens is 314 g/mol. The van der Waals surface area contributed by atoms with Crippen LogP contribution in [0.2, 0.25) is 0 Å². The number of nitrogens with two attached hydrogens (primary N) is 1. The fourth-order valence-electron chi connectivity index (χ4n) is 3.63. The highest BCUT2D eigenvalue weighted by atomic mass is 32.2. The number of carbonyl (C=O) groups excluding carboxylic acids is 1. The van der Waals surface area contributed by atoms with Crippen molar-refractivity contribution in [1.29, 1.82) is 0 Å². The third kappa shape index (κ3) is 3.91. The van der Waals surface area contributed by atoms with Gasteiger partial charge in [0.1, 0.15) is 0 Å². The van der Waals surface area contributed by atoms with Gasteiger partial charge in [0.05, 0.1) is 10.9 Å². The molecule has 126 valence electrons. The van der Waals surface area contributed by atoms with Crippen LogP contribution >= 0.6 is 0 Å². The van der Waals surface area contributed by atoms with E-state index in [1.807, 2.05) is 0 Å². The highest BCUT2D eigenvalue weighted by molar-refractivity contribution is 7.89. The summed E-state index contributed by atoms with van der Waals surface area (Å²) in [7, 11) is -3.67. The van der Waals surface area contributed by atoms with Gasteiger partial charge in [0.15, 0.2) is 0 Å². The Balaban J connectivity index is 1.53. The molecule has 1 saturated carbocycles. The number of nitrogens with one attached hydrogen (secondary N) is 2. The first-order valence-electron chi connectivity index (χ1n) is 8.09. The van der Waals surface area contributed by atoms with E-state index in [4.69, 9.17) is 5.14 Å². The highest BCUT2D eigenvalue weighted by Crippen LogP contribution is 2.33. The van der Waals surface area contributed by atoms with Gasteiger partial charge in [-0.15, -0.1) is 0 Å². The lowest BCUT2D eigenvalue weighted by molar-refractivity contribution is -0.123. The fraction of sp³-hybridized carbons (Fsp3) is 0.562. The van der Waals surface area contributed by atoms with Gasteiger partial charge < -0.3 is 10.6 Å². The molecule has 0 aromatic heterocycles. The maximum absolute atomic E-state index is 12.3. The van der Waals surface area contributed by atoms with E-state index in [0.29, 0.717) is 18.5 Å². The first-order chi connectivity index (χ1) is 10.9. The van der Waals surface area contributed by atoms with Crippen molar-refractivity contribution in [1.82, 2.24) is 10.6 Å². The smallest absolute Gasteiger partial charge is 0.238 e. The number of sulfonamides is 1. The molecule has 6 nitrogen and oxygen atoms in total. The van der Waals surface area contributed by atoms with Gasteiger partial charge in [0.25, 0.3) is 0 Å². The van der Waals surface area contributed by atoms with Gasteiger partial charge in [-0.05, 0) is 42.9 Å². The average Bonchev–Trinajstić information content (AvgIpc) is 2.96. The van der Waals surface area contributed by atoms with Crippen LogP contribution in [0.25, 0.3) is 0 Å². The van der Waals surface area contributed by atoms with Gasteiger partial charge in [-0.2, -0.15) is 0 Å². The summed E-state index contributed by atoms with van der Waals surface area (Å²) in [6.45, 7) is 0.386. The molecule has 1 heterocycles. The Labute approximate surface area is 136 Å². The molecule has 3 rings (SSSR count). The van der Waals surface area contributed by atoms with Crippen molar-refractivity contribution in [2.45, 2.75) is 55.6 Å². The lowest BCUT2D eigenvalue weighted by atomic mass is 9.85. The number of rotatable bonds is 4. The molecule has 23 heavy (non-hydrogen) atoms. The first-order valence-corrected chi connectivity index (χ1v) is 9.63. The zero-order valence-corrected chi connectivity index (χ0v) is 13.8. The largest absolute Gasteiger partial charge is 0.351 e. The molecule has 1 aromatic carbocycles. The van der Waals surface area contributed by atoms with Gasteiger partial charge in [-0.1, -0.05) is 25.0 Å². The predicted molar refractivity (Wildman–Crippen MR) is 86.9 cm³/mol. The maximum Gasteiger partial charge on any atom is 0.238 e. The summed E-state index contributed by atoms with van der Waals surface area (Å²) in [6.07, 6.45) is 5.83. The molecule has 1 saturated heterocycles. The van der Waals surface area contributed by atoms with Crippen LogP contribution in [0.1, 0.15) is 37.7 Å². The zero-order valence-electron chi connectivity index (χ0n) is 13.0. The summed E-state index contributed by atoms with van der Waals surface area (Å²) < 4.78 is 22.4. The van der Waals surface area contributed by atoms with E-state index < -0.39 is 10.0 Å². The molecule has 3 atom stereocenters. The summed E-state index contributed by atoms with van der Waals surface area (Å²) in [6, 6.07) is 6.64. The average molecular weight is 337 g/mol. The van der Waals surface area contributed by atoms with Crippen LogP contribution < -0.4 is 15.8 Å². The van der Waals surface area contributed by atoms with Crippen LogP contribution in [-0.2, 0) is 21.4 Å². The molecule has 1 aliphatic carbocycles. The van der Waals surface area contributed by atoms with Gasteiger partial charge >= 0.3 is 0 Å². The number of carbonyl (C=O) groups is 1. The normalized spacial score (nSPS) is 27.4. The van der Waals surface area contributed by atoms with Gasteiger partial charge in [-0.25, -0.2) is 13.6 Å². The number of primary sulfonamides is 1. The van der Waals surface area contributed by atoms with Crippen LogP contribution in [-0.4, -0.2) is 26.4 Å². The quantitative estimate of drug-likeness (QED) is 0.759. The Morgan fingerprint density at radius 3 is 2.57 bits per heavy atom. The van der Waals surface area contributed by atoms with Crippen molar-refractivity contribution in [2.75, 3.05) is 0 Å². The number of benzene rings is 1.